The van der Waals surface area contributed by atoms with E-state index in [1.54, 1.807) is 0 Å². The van der Waals surface area contributed by atoms with Gasteiger partial charge >= 0.3 is 0 Å². The number of rotatable bonds is 7. The van der Waals surface area contributed by atoms with E-state index >= 15 is 0 Å². The Hall–Kier alpha value is -1.06. The summed E-state index contributed by atoms with van der Waals surface area (Å²) in [4.78, 5) is 2.62. The molecule has 1 aliphatic heterocycles. The minimum absolute atomic E-state index is 0.525. The van der Waals surface area contributed by atoms with Crippen LogP contribution in [0.2, 0.25) is 0 Å². The lowest BCUT2D eigenvalue weighted by atomic mass is 10.1. The van der Waals surface area contributed by atoms with Gasteiger partial charge in [0.2, 0.25) is 0 Å². The molecule has 3 rings (SSSR count). The number of benzene rings is 1. The summed E-state index contributed by atoms with van der Waals surface area (Å²) in [5.41, 5.74) is 1.31. The zero-order valence-electron chi connectivity index (χ0n) is 13.3. The Morgan fingerprint density at radius 3 is 2.67 bits per heavy atom. The largest absolute Gasteiger partial charge is 0.492 e. The van der Waals surface area contributed by atoms with Gasteiger partial charge in [-0.2, -0.15) is 0 Å². The summed E-state index contributed by atoms with van der Waals surface area (Å²) in [6, 6.07) is 9.87. The van der Waals surface area contributed by atoms with Gasteiger partial charge in [-0.3, -0.25) is 4.90 Å². The van der Waals surface area contributed by atoms with E-state index in [1.165, 1.54) is 31.4 Å². The summed E-state index contributed by atoms with van der Waals surface area (Å²) < 4.78 is 5.89. The molecule has 0 spiro atoms. The molecule has 1 aliphatic carbocycles. The standard InChI is InChI=1S/C18H28N2O/c1-14(2)19-12-15-4-7-18(8-5-15)21-10-9-20-13-16-3-6-17(20)11-16/h4-5,7-8,14,16-17,19H,3,6,9-13H2,1-2H3. The van der Waals surface area contributed by atoms with Crippen molar-refractivity contribution in [3.63, 3.8) is 0 Å². The monoisotopic (exact) mass is 288 g/mol. The van der Waals surface area contributed by atoms with Crippen molar-refractivity contribution in [3.8, 4) is 5.75 Å². The first-order chi connectivity index (χ1) is 10.2. The quantitative estimate of drug-likeness (QED) is 0.834. The molecular formula is C18H28N2O. The molecule has 3 heteroatoms. The number of ether oxygens (including phenoxy) is 1. The van der Waals surface area contributed by atoms with Gasteiger partial charge in [0.05, 0.1) is 0 Å². The Morgan fingerprint density at radius 1 is 1.24 bits per heavy atom. The third kappa shape index (κ3) is 3.98. The van der Waals surface area contributed by atoms with Crippen LogP contribution in [0.5, 0.6) is 5.75 Å². The van der Waals surface area contributed by atoms with Crippen molar-refractivity contribution in [3.05, 3.63) is 29.8 Å². The molecule has 116 valence electrons. The van der Waals surface area contributed by atoms with Gasteiger partial charge in [0, 0.05) is 31.7 Å². The van der Waals surface area contributed by atoms with Crippen LogP contribution in [0, 0.1) is 5.92 Å². The molecule has 1 aromatic carbocycles. The van der Waals surface area contributed by atoms with E-state index < -0.39 is 0 Å². The summed E-state index contributed by atoms with van der Waals surface area (Å²) in [5.74, 6) is 1.97. The first-order valence-corrected chi connectivity index (χ1v) is 8.40. The Balaban J connectivity index is 1.39. The van der Waals surface area contributed by atoms with Gasteiger partial charge in [0.1, 0.15) is 12.4 Å². The second-order valence-corrected chi connectivity index (χ2v) is 6.86. The number of hydrogen-bond donors (Lipinski definition) is 1. The molecule has 3 nitrogen and oxygen atoms in total. The van der Waals surface area contributed by atoms with E-state index in [-0.39, 0.29) is 0 Å². The summed E-state index contributed by atoms with van der Waals surface area (Å²) in [6.07, 6.45) is 4.29. The van der Waals surface area contributed by atoms with Crippen molar-refractivity contribution in [1.82, 2.24) is 10.2 Å². The molecule has 21 heavy (non-hydrogen) atoms. The molecule has 1 N–H and O–H groups in total. The van der Waals surface area contributed by atoms with Crippen LogP contribution >= 0.6 is 0 Å². The number of hydrogen-bond acceptors (Lipinski definition) is 3. The van der Waals surface area contributed by atoms with Gasteiger partial charge in [-0.1, -0.05) is 26.0 Å². The van der Waals surface area contributed by atoms with E-state index in [2.05, 4.69) is 48.3 Å². The Labute approximate surface area is 128 Å². The smallest absolute Gasteiger partial charge is 0.119 e. The van der Waals surface area contributed by atoms with Crippen LogP contribution in [0.3, 0.4) is 0 Å². The van der Waals surface area contributed by atoms with Crippen LogP contribution in [-0.4, -0.2) is 36.7 Å². The molecule has 2 aliphatic rings. The number of nitrogens with zero attached hydrogens (tertiary/aromatic N) is 1. The maximum Gasteiger partial charge on any atom is 0.119 e. The Bertz CT molecular complexity index is 443. The van der Waals surface area contributed by atoms with Crippen LogP contribution in [0.15, 0.2) is 24.3 Å². The van der Waals surface area contributed by atoms with Crippen LogP contribution < -0.4 is 10.1 Å². The topological polar surface area (TPSA) is 24.5 Å². The highest BCUT2D eigenvalue weighted by molar-refractivity contribution is 5.27. The van der Waals surface area contributed by atoms with Crippen LogP contribution in [0.1, 0.15) is 38.7 Å². The number of nitrogens with one attached hydrogen (secondary N) is 1. The van der Waals surface area contributed by atoms with Gasteiger partial charge in [0.25, 0.3) is 0 Å². The van der Waals surface area contributed by atoms with Gasteiger partial charge in [-0.15, -0.1) is 0 Å². The summed E-state index contributed by atoms with van der Waals surface area (Å²) >= 11 is 0. The third-order valence-electron chi connectivity index (χ3n) is 4.81. The lowest BCUT2D eigenvalue weighted by Gasteiger charge is -2.26. The average molecular weight is 288 g/mol. The molecule has 1 saturated heterocycles. The van der Waals surface area contributed by atoms with Crippen LogP contribution in [0.25, 0.3) is 0 Å². The molecule has 2 bridgehead atoms. The molecule has 1 heterocycles. The molecule has 0 radical (unpaired) electrons. The van der Waals surface area contributed by atoms with Crippen LogP contribution in [-0.2, 0) is 6.54 Å². The SMILES string of the molecule is CC(C)NCc1ccc(OCCN2CC3CCC2C3)cc1. The fraction of sp³-hybridized carbons (Fsp3) is 0.667. The zero-order valence-corrected chi connectivity index (χ0v) is 13.3. The van der Waals surface area contributed by atoms with Crippen LogP contribution in [0.4, 0.5) is 0 Å². The van der Waals surface area contributed by atoms with Gasteiger partial charge < -0.3 is 10.1 Å². The highest BCUT2D eigenvalue weighted by Gasteiger charge is 2.37. The maximum absolute atomic E-state index is 5.89. The molecule has 2 unspecified atom stereocenters. The van der Waals surface area contributed by atoms with Gasteiger partial charge in [-0.25, -0.2) is 0 Å². The molecule has 0 aromatic heterocycles. The summed E-state index contributed by atoms with van der Waals surface area (Å²) in [7, 11) is 0. The Kier molecular flexibility index (Phi) is 4.81. The predicted octanol–water partition coefficient (Wildman–Crippen LogP) is 3.05. The molecule has 1 saturated carbocycles. The van der Waals surface area contributed by atoms with E-state index in [0.29, 0.717) is 6.04 Å². The van der Waals surface area contributed by atoms with Gasteiger partial charge in [0.15, 0.2) is 0 Å². The second kappa shape index (κ2) is 6.80. The van der Waals surface area contributed by atoms with E-state index in [9.17, 15) is 0 Å². The van der Waals surface area contributed by atoms with Gasteiger partial charge in [-0.05, 0) is 42.9 Å². The number of likely N-dealkylation sites (tertiary alicyclic amines) is 1. The summed E-state index contributed by atoms with van der Waals surface area (Å²) in [6.45, 7) is 8.46. The zero-order chi connectivity index (χ0) is 14.7. The normalized spacial score (nSPS) is 24.9. The molecular weight excluding hydrogens is 260 g/mol. The van der Waals surface area contributed by atoms with Crippen molar-refractivity contribution >= 4 is 0 Å². The first kappa shape index (κ1) is 14.9. The number of piperidine rings is 1. The highest BCUT2D eigenvalue weighted by Crippen LogP contribution is 2.36. The van der Waals surface area contributed by atoms with E-state index in [0.717, 1.165) is 37.4 Å². The molecule has 2 fully saturated rings. The van der Waals surface area contributed by atoms with Crippen molar-refractivity contribution < 1.29 is 4.74 Å². The lowest BCUT2D eigenvalue weighted by Crippen LogP contribution is -2.35. The number of fused-ring (bicyclic) bond motifs is 2. The minimum atomic E-state index is 0.525. The highest BCUT2D eigenvalue weighted by atomic mass is 16.5. The fourth-order valence-corrected chi connectivity index (χ4v) is 3.61. The molecule has 2 atom stereocenters. The van der Waals surface area contributed by atoms with E-state index in [1.807, 2.05) is 0 Å². The Morgan fingerprint density at radius 2 is 2.05 bits per heavy atom. The average Bonchev–Trinajstić information content (AvgIpc) is 3.09. The fourth-order valence-electron chi connectivity index (χ4n) is 3.61. The predicted molar refractivity (Wildman–Crippen MR) is 86.6 cm³/mol. The minimum Gasteiger partial charge on any atom is -0.492 e. The molecule has 0 amide bonds. The summed E-state index contributed by atoms with van der Waals surface area (Å²) in [5, 5.41) is 3.43. The van der Waals surface area contributed by atoms with Crippen molar-refractivity contribution in [2.24, 2.45) is 5.92 Å². The van der Waals surface area contributed by atoms with Crippen molar-refractivity contribution in [2.45, 2.75) is 51.7 Å². The van der Waals surface area contributed by atoms with Crippen molar-refractivity contribution in [2.75, 3.05) is 19.7 Å². The maximum atomic E-state index is 5.89. The first-order valence-electron chi connectivity index (χ1n) is 8.40. The lowest BCUT2D eigenvalue weighted by molar-refractivity contribution is 0.172. The molecule has 1 aromatic rings. The van der Waals surface area contributed by atoms with Crippen molar-refractivity contribution in [1.29, 1.82) is 0 Å². The second-order valence-electron chi connectivity index (χ2n) is 6.86. The van der Waals surface area contributed by atoms with E-state index in [4.69, 9.17) is 4.74 Å². The third-order valence-corrected chi connectivity index (χ3v) is 4.81.